The summed E-state index contributed by atoms with van der Waals surface area (Å²) in [6.45, 7) is 6.46. The monoisotopic (exact) mass is 353 g/mol. The molecule has 2 aromatic rings. The molecule has 0 N–H and O–H groups in total. The third-order valence-electron chi connectivity index (χ3n) is 4.52. The second-order valence-electron chi connectivity index (χ2n) is 6.53. The van der Waals surface area contributed by atoms with E-state index in [1.54, 1.807) is 6.07 Å². The van der Waals surface area contributed by atoms with E-state index in [9.17, 15) is 13.2 Å². The van der Waals surface area contributed by atoms with Crippen LogP contribution in [0.2, 0.25) is 0 Å². The molecule has 0 amide bonds. The van der Waals surface area contributed by atoms with Crippen molar-refractivity contribution >= 4 is 0 Å². The number of aryl methyl sites for hydroxylation is 1. The van der Waals surface area contributed by atoms with Crippen LogP contribution in [0.3, 0.4) is 0 Å². The first-order chi connectivity index (χ1) is 11.8. The van der Waals surface area contributed by atoms with Crippen LogP contribution in [0.1, 0.15) is 23.4 Å². The van der Waals surface area contributed by atoms with Crippen LogP contribution in [0.4, 0.5) is 13.2 Å². The fraction of sp³-hybridized carbons (Fsp3) is 0.500. The SMILES string of the molecule is Cc1oc(-c2cccc(C(F)(F)F)c2)nc1CN1CCCN(C)CC1. The first-order valence-electron chi connectivity index (χ1n) is 8.38. The number of nitrogens with zero attached hydrogens (tertiary/aromatic N) is 3. The fourth-order valence-electron chi connectivity index (χ4n) is 3.00. The van der Waals surface area contributed by atoms with Crippen LogP contribution in [0.15, 0.2) is 28.7 Å². The lowest BCUT2D eigenvalue weighted by Crippen LogP contribution is -2.28. The number of hydrogen-bond acceptors (Lipinski definition) is 4. The quantitative estimate of drug-likeness (QED) is 0.840. The summed E-state index contributed by atoms with van der Waals surface area (Å²) >= 11 is 0. The summed E-state index contributed by atoms with van der Waals surface area (Å²) in [5, 5.41) is 0. The molecule has 1 aromatic heterocycles. The van der Waals surface area contributed by atoms with Crippen LogP contribution in [0, 0.1) is 6.92 Å². The topological polar surface area (TPSA) is 32.5 Å². The van der Waals surface area contributed by atoms with Gasteiger partial charge in [0, 0.05) is 25.2 Å². The number of oxazole rings is 1. The Kier molecular flexibility index (Phi) is 5.15. The normalized spacial score (nSPS) is 17.6. The Labute approximate surface area is 145 Å². The Morgan fingerprint density at radius 2 is 1.96 bits per heavy atom. The number of likely N-dealkylation sites (N-methyl/N-ethyl adjacent to an activating group) is 1. The van der Waals surface area contributed by atoms with Crippen molar-refractivity contribution in [1.82, 2.24) is 14.8 Å². The number of alkyl halides is 3. The first kappa shape index (κ1) is 17.9. The molecule has 4 nitrogen and oxygen atoms in total. The van der Waals surface area contributed by atoms with Gasteiger partial charge in [-0.1, -0.05) is 6.07 Å². The lowest BCUT2D eigenvalue weighted by Gasteiger charge is -2.18. The van der Waals surface area contributed by atoms with Gasteiger partial charge in [0.25, 0.3) is 0 Å². The third kappa shape index (κ3) is 4.41. The second kappa shape index (κ2) is 7.17. The van der Waals surface area contributed by atoms with E-state index < -0.39 is 11.7 Å². The van der Waals surface area contributed by atoms with Gasteiger partial charge in [-0.15, -0.1) is 0 Å². The molecule has 0 atom stereocenters. The maximum atomic E-state index is 12.9. The second-order valence-corrected chi connectivity index (χ2v) is 6.53. The summed E-state index contributed by atoms with van der Waals surface area (Å²) < 4.78 is 44.3. The highest BCUT2D eigenvalue weighted by molar-refractivity contribution is 5.55. The molecule has 136 valence electrons. The van der Waals surface area contributed by atoms with Gasteiger partial charge in [-0.05, 0) is 51.7 Å². The molecule has 1 aliphatic rings. The van der Waals surface area contributed by atoms with E-state index >= 15 is 0 Å². The van der Waals surface area contributed by atoms with Crippen molar-refractivity contribution < 1.29 is 17.6 Å². The smallest absolute Gasteiger partial charge is 0.416 e. The minimum absolute atomic E-state index is 0.241. The molecule has 3 rings (SSSR count). The minimum atomic E-state index is -4.38. The zero-order valence-corrected chi connectivity index (χ0v) is 14.4. The molecule has 7 heteroatoms. The summed E-state index contributed by atoms with van der Waals surface area (Å²) in [6, 6.07) is 5.09. The van der Waals surface area contributed by atoms with Gasteiger partial charge in [-0.3, -0.25) is 4.90 Å². The number of hydrogen-bond donors (Lipinski definition) is 0. The Morgan fingerprint density at radius 3 is 2.72 bits per heavy atom. The van der Waals surface area contributed by atoms with Gasteiger partial charge in [-0.25, -0.2) is 4.98 Å². The third-order valence-corrected chi connectivity index (χ3v) is 4.52. The molecule has 1 fully saturated rings. The van der Waals surface area contributed by atoms with Gasteiger partial charge in [0.05, 0.1) is 11.3 Å². The summed E-state index contributed by atoms with van der Waals surface area (Å²) in [6.07, 6.45) is -3.29. The lowest BCUT2D eigenvalue weighted by atomic mass is 10.1. The fourth-order valence-corrected chi connectivity index (χ4v) is 3.00. The maximum Gasteiger partial charge on any atom is 0.416 e. The van der Waals surface area contributed by atoms with Gasteiger partial charge in [0.15, 0.2) is 0 Å². The van der Waals surface area contributed by atoms with Gasteiger partial charge < -0.3 is 9.32 Å². The van der Waals surface area contributed by atoms with E-state index in [1.165, 1.54) is 6.07 Å². The van der Waals surface area contributed by atoms with Crippen molar-refractivity contribution in [3.8, 4) is 11.5 Å². The van der Waals surface area contributed by atoms with E-state index in [2.05, 4.69) is 21.8 Å². The van der Waals surface area contributed by atoms with Crippen molar-refractivity contribution in [2.45, 2.75) is 26.1 Å². The van der Waals surface area contributed by atoms with Gasteiger partial charge >= 0.3 is 6.18 Å². The maximum absolute atomic E-state index is 12.9. The number of aromatic nitrogens is 1. The zero-order valence-electron chi connectivity index (χ0n) is 14.4. The molecule has 0 saturated carbocycles. The van der Waals surface area contributed by atoms with Crippen molar-refractivity contribution in [1.29, 1.82) is 0 Å². The van der Waals surface area contributed by atoms with E-state index in [-0.39, 0.29) is 5.89 Å². The van der Waals surface area contributed by atoms with Crippen molar-refractivity contribution in [2.24, 2.45) is 0 Å². The first-order valence-corrected chi connectivity index (χ1v) is 8.38. The molecule has 0 bridgehead atoms. The Balaban J connectivity index is 1.78. The van der Waals surface area contributed by atoms with Crippen molar-refractivity contribution in [2.75, 3.05) is 33.2 Å². The van der Waals surface area contributed by atoms with Crippen molar-refractivity contribution in [3.05, 3.63) is 41.3 Å². The number of rotatable bonds is 3. The zero-order chi connectivity index (χ0) is 18.0. The molecule has 1 saturated heterocycles. The van der Waals surface area contributed by atoms with E-state index in [0.717, 1.165) is 50.4 Å². The van der Waals surface area contributed by atoms with Crippen LogP contribution in [0.25, 0.3) is 11.5 Å². The summed E-state index contributed by atoms with van der Waals surface area (Å²) in [5.41, 5.74) is 0.440. The molecule has 0 spiro atoms. The highest BCUT2D eigenvalue weighted by atomic mass is 19.4. The van der Waals surface area contributed by atoms with Gasteiger partial charge in [0.1, 0.15) is 5.76 Å². The average Bonchev–Trinajstić information content (AvgIpc) is 2.79. The van der Waals surface area contributed by atoms with E-state index in [1.807, 2.05) is 6.92 Å². The molecular weight excluding hydrogens is 331 g/mol. The number of benzene rings is 1. The average molecular weight is 353 g/mol. The molecule has 0 unspecified atom stereocenters. The van der Waals surface area contributed by atoms with Gasteiger partial charge in [0.2, 0.25) is 5.89 Å². The molecule has 0 radical (unpaired) electrons. The van der Waals surface area contributed by atoms with E-state index in [0.29, 0.717) is 17.9 Å². The van der Waals surface area contributed by atoms with Crippen LogP contribution < -0.4 is 0 Å². The van der Waals surface area contributed by atoms with Crippen LogP contribution in [-0.4, -0.2) is 48.0 Å². The predicted molar refractivity (Wildman–Crippen MR) is 89.1 cm³/mol. The molecule has 0 aliphatic carbocycles. The Morgan fingerprint density at radius 1 is 1.16 bits per heavy atom. The molecule has 1 aromatic carbocycles. The molecule has 2 heterocycles. The largest absolute Gasteiger partial charge is 0.441 e. The van der Waals surface area contributed by atoms with Crippen molar-refractivity contribution in [3.63, 3.8) is 0 Å². The van der Waals surface area contributed by atoms with Crippen LogP contribution in [0.5, 0.6) is 0 Å². The predicted octanol–water partition coefficient (Wildman–Crippen LogP) is 3.81. The summed E-state index contributed by atoms with van der Waals surface area (Å²) in [7, 11) is 2.11. The van der Waals surface area contributed by atoms with Gasteiger partial charge in [-0.2, -0.15) is 13.2 Å². The Hall–Kier alpha value is -1.86. The van der Waals surface area contributed by atoms with Crippen LogP contribution in [-0.2, 0) is 12.7 Å². The lowest BCUT2D eigenvalue weighted by molar-refractivity contribution is -0.137. The highest BCUT2D eigenvalue weighted by Crippen LogP contribution is 2.32. The minimum Gasteiger partial charge on any atom is -0.441 e. The standard InChI is InChI=1S/C18H22F3N3O/c1-13-16(12-24-8-4-7-23(2)9-10-24)22-17(25-13)14-5-3-6-15(11-14)18(19,20)21/h3,5-6,11H,4,7-10,12H2,1-2H3. The summed E-state index contributed by atoms with van der Waals surface area (Å²) in [4.78, 5) is 9.06. The summed E-state index contributed by atoms with van der Waals surface area (Å²) in [5.74, 6) is 0.899. The molecule has 1 aliphatic heterocycles. The number of halogens is 3. The molecular formula is C18H22F3N3O. The molecule has 25 heavy (non-hydrogen) atoms. The van der Waals surface area contributed by atoms with Crippen LogP contribution >= 0.6 is 0 Å². The Bertz CT molecular complexity index is 727. The van der Waals surface area contributed by atoms with E-state index in [4.69, 9.17) is 4.42 Å². The highest BCUT2D eigenvalue weighted by Gasteiger charge is 2.31.